The zero-order valence-corrected chi connectivity index (χ0v) is 16.7. The predicted molar refractivity (Wildman–Crippen MR) is 109 cm³/mol. The van der Waals surface area contributed by atoms with Crippen molar-refractivity contribution < 1.29 is 4.42 Å². The average Bonchev–Trinajstić information content (AvgIpc) is 3.38. The fourth-order valence-electron chi connectivity index (χ4n) is 3.42. The van der Waals surface area contributed by atoms with Crippen LogP contribution in [0.5, 0.6) is 0 Å². The van der Waals surface area contributed by atoms with Crippen molar-refractivity contribution in [1.82, 2.24) is 14.8 Å². The maximum Gasteiger partial charge on any atom is 0.228 e. The molecule has 6 nitrogen and oxygen atoms in total. The van der Waals surface area contributed by atoms with Gasteiger partial charge in [0.05, 0.1) is 24.4 Å². The largest absolute Gasteiger partial charge is 0.467 e. The molecule has 1 aliphatic heterocycles. The number of benzene rings is 1. The Morgan fingerprint density at radius 3 is 2.75 bits per heavy atom. The molecule has 0 aliphatic carbocycles. The highest BCUT2D eigenvalue weighted by Crippen LogP contribution is 2.29. The van der Waals surface area contributed by atoms with E-state index in [2.05, 4.69) is 32.7 Å². The molecule has 3 heterocycles. The molecular weight excluding hydrogens is 370 g/mol. The molecule has 1 fully saturated rings. The first kappa shape index (κ1) is 18.6. The number of piperidine rings is 1. The van der Waals surface area contributed by atoms with Crippen molar-refractivity contribution in [3.05, 3.63) is 59.5 Å². The van der Waals surface area contributed by atoms with Gasteiger partial charge in [0.25, 0.3) is 0 Å². The molecule has 1 aliphatic rings. The monoisotopic (exact) mass is 393 g/mol. The molecule has 4 rings (SSSR count). The number of nitriles is 1. The molecule has 7 heteroatoms. The molecule has 0 saturated carbocycles. The van der Waals surface area contributed by atoms with Gasteiger partial charge in [-0.1, -0.05) is 36.9 Å². The normalized spacial score (nSPS) is 14.9. The third kappa shape index (κ3) is 4.07. The van der Waals surface area contributed by atoms with E-state index >= 15 is 0 Å². The molecule has 1 saturated heterocycles. The van der Waals surface area contributed by atoms with Crippen LogP contribution in [0.4, 0.5) is 5.95 Å². The van der Waals surface area contributed by atoms with Crippen LogP contribution in [0.1, 0.15) is 36.7 Å². The van der Waals surface area contributed by atoms with Gasteiger partial charge in [0, 0.05) is 18.8 Å². The van der Waals surface area contributed by atoms with Crippen LogP contribution in [0, 0.1) is 17.2 Å². The second-order valence-corrected chi connectivity index (χ2v) is 8.12. The smallest absolute Gasteiger partial charge is 0.228 e. The number of hydrogen-bond donors (Lipinski definition) is 0. The summed E-state index contributed by atoms with van der Waals surface area (Å²) in [5.74, 6) is 3.22. The fraction of sp³-hybridized carbons (Fsp3) is 0.381. The summed E-state index contributed by atoms with van der Waals surface area (Å²) in [6.07, 6.45) is 4.04. The highest BCUT2D eigenvalue weighted by Gasteiger charge is 2.23. The zero-order chi connectivity index (χ0) is 19.3. The zero-order valence-electron chi connectivity index (χ0n) is 15.9. The van der Waals surface area contributed by atoms with Crippen molar-refractivity contribution in [2.24, 2.45) is 5.92 Å². The summed E-state index contributed by atoms with van der Waals surface area (Å²) in [6.45, 7) is 4.90. The Hall–Kier alpha value is -2.72. The van der Waals surface area contributed by atoms with Crippen molar-refractivity contribution in [2.75, 3.05) is 18.0 Å². The number of aromatic nitrogens is 3. The van der Waals surface area contributed by atoms with Gasteiger partial charge in [-0.2, -0.15) is 5.26 Å². The number of hydrogen-bond acceptors (Lipinski definition) is 6. The first-order valence-corrected chi connectivity index (χ1v) is 10.5. The highest BCUT2D eigenvalue weighted by molar-refractivity contribution is 7.98. The van der Waals surface area contributed by atoms with Gasteiger partial charge < -0.3 is 9.32 Å². The number of anilines is 1. The Balaban J connectivity index is 1.58. The van der Waals surface area contributed by atoms with Crippen LogP contribution in [0.15, 0.2) is 52.2 Å². The van der Waals surface area contributed by atoms with E-state index in [4.69, 9.17) is 4.42 Å². The van der Waals surface area contributed by atoms with E-state index in [0.717, 1.165) is 41.4 Å². The number of furan rings is 1. The van der Waals surface area contributed by atoms with Crippen LogP contribution in [0.25, 0.3) is 0 Å². The topological polar surface area (TPSA) is 70.9 Å². The molecule has 0 N–H and O–H groups in total. The minimum Gasteiger partial charge on any atom is -0.467 e. The van der Waals surface area contributed by atoms with Crippen molar-refractivity contribution >= 4 is 17.7 Å². The molecule has 0 atom stereocenters. The van der Waals surface area contributed by atoms with E-state index in [-0.39, 0.29) is 0 Å². The Morgan fingerprint density at radius 1 is 1.18 bits per heavy atom. The SMILES string of the molecule is CC1CCN(c2nnc(SCc3ccccc3C#N)n2Cc2ccco2)CC1. The number of nitrogens with zero attached hydrogens (tertiary/aromatic N) is 5. The Kier molecular flexibility index (Phi) is 5.68. The lowest BCUT2D eigenvalue weighted by Gasteiger charge is -2.31. The highest BCUT2D eigenvalue weighted by atomic mass is 32.2. The maximum atomic E-state index is 9.33. The average molecular weight is 394 g/mol. The van der Waals surface area contributed by atoms with Gasteiger partial charge in [-0.05, 0) is 42.5 Å². The molecule has 0 radical (unpaired) electrons. The van der Waals surface area contributed by atoms with E-state index in [0.29, 0.717) is 17.9 Å². The summed E-state index contributed by atoms with van der Waals surface area (Å²) < 4.78 is 7.71. The first-order valence-electron chi connectivity index (χ1n) is 9.56. The minimum absolute atomic E-state index is 0.601. The third-order valence-electron chi connectivity index (χ3n) is 5.15. The van der Waals surface area contributed by atoms with Crippen LogP contribution in [-0.4, -0.2) is 27.9 Å². The molecule has 0 bridgehead atoms. The lowest BCUT2D eigenvalue weighted by Crippen LogP contribution is -2.35. The van der Waals surface area contributed by atoms with Gasteiger partial charge in [-0.15, -0.1) is 10.2 Å². The second kappa shape index (κ2) is 8.53. The van der Waals surface area contributed by atoms with Gasteiger partial charge in [-0.25, -0.2) is 0 Å². The van der Waals surface area contributed by atoms with Crippen LogP contribution in [0.3, 0.4) is 0 Å². The third-order valence-corrected chi connectivity index (χ3v) is 6.17. The predicted octanol–water partition coefficient (Wildman–Crippen LogP) is 4.32. The lowest BCUT2D eigenvalue weighted by atomic mass is 10.00. The van der Waals surface area contributed by atoms with Crippen LogP contribution in [0.2, 0.25) is 0 Å². The fourth-order valence-corrected chi connectivity index (χ4v) is 4.36. The van der Waals surface area contributed by atoms with Crippen LogP contribution >= 0.6 is 11.8 Å². The second-order valence-electron chi connectivity index (χ2n) is 7.18. The van der Waals surface area contributed by atoms with Gasteiger partial charge in [-0.3, -0.25) is 4.57 Å². The number of rotatable bonds is 6. The van der Waals surface area contributed by atoms with E-state index in [1.165, 1.54) is 12.8 Å². The summed E-state index contributed by atoms with van der Waals surface area (Å²) in [4.78, 5) is 2.32. The van der Waals surface area contributed by atoms with Crippen molar-refractivity contribution in [2.45, 2.75) is 37.2 Å². The van der Waals surface area contributed by atoms with Gasteiger partial charge >= 0.3 is 0 Å². The molecule has 144 valence electrons. The Bertz CT molecular complexity index is 952. The maximum absolute atomic E-state index is 9.33. The van der Waals surface area contributed by atoms with Gasteiger partial charge in [0.1, 0.15) is 5.76 Å². The molecule has 3 aromatic rings. The van der Waals surface area contributed by atoms with Gasteiger partial charge in [0.2, 0.25) is 5.95 Å². The van der Waals surface area contributed by atoms with E-state index in [1.54, 1.807) is 18.0 Å². The Morgan fingerprint density at radius 2 is 2.00 bits per heavy atom. The standard InChI is InChI=1S/C21H23N5OS/c1-16-8-10-25(11-9-16)20-23-24-21(26(20)14-19-7-4-12-27-19)28-15-18-6-3-2-5-17(18)13-22/h2-7,12,16H,8-11,14-15H2,1H3. The van der Waals surface area contributed by atoms with Crippen LogP contribution in [-0.2, 0) is 12.3 Å². The van der Waals surface area contributed by atoms with Crippen LogP contribution < -0.4 is 4.90 Å². The number of thioether (sulfide) groups is 1. The first-order chi connectivity index (χ1) is 13.7. The molecule has 0 unspecified atom stereocenters. The summed E-state index contributed by atoms with van der Waals surface area (Å²) in [5, 5.41) is 19.2. The van der Waals surface area contributed by atoms with Crippen molar-refractivity contribution in [3.63, 3.8) is 0 Å². The molecular formula is C21H23N5OS. The van der Waals surface area contributed by atoms with Gasteiger partial charge in [0.15, 0.2) is 5.16 Å². The summed E-state index contributed by atoms with van der Waals surface area (Å²) in [7, 11) is 0. The lowest BCUT2D eigenvalue weighted by molar-refractivity contribution is 0.427. The molecule has 28 heavy (non-hydrogen) atoms. The molecule has 0 spiro atoms. The summed E-state index contributed by atoms with van der Waals surface area (Å²) in [5.41, 5.74) is 1.72. The Labute approximate surface area is 169 Å². The van der Waals surface area contributed by atoms with E-state index in [1.807, 2.05) is 36.4 Å². The summed E-state index contributed by atoms with van der Waals surface area (Å²) in [6, 6.07) is 13.8. The van der Waals surface area contributed by atoms with E-state index in [9.17, 15) is 5.26 Å². The van der Waals surface area contributed by atoms with E-state index < -0.39 is 0 Å². The summed E-state index contributed by atoms with van der Waals surface area (Å²) >= 11 is 1.61. The minimum atomic E-state index is 0.601. The molecule has 0 amide bonds. The van der Waals surface area contributed by atoms with Crippen molar-refractivity contribution in [1.29, 1.82) is 5.26 Å². The quantitative estimate of drug-likeness (QED) is 0.581. The molecule has 2 aromatic heterocycles. The molecule has 1 aromatic carbocycles. The van der Waals surface area contributed by atoms with Crippen molar-refractivity contribution in [3.8, 4) is 6.07 Å².